The second-order valence-electron chi connectivity index (χ2n) is 5.98. The first-order chi connectivity index (χ1) is 12.6. The Hall–Kier alpha value is -2.53. The van der Waals surface area contributed by atoms with Crippen molar-refractivity contribution in [1.29, 1.82) is 0 Å². The molecule has 0 saturated carbocycles. The molecule has 3 aromatic carbocycles. The van der Waals surface area contributed by atoms with Crippen LogP contribution in [-0.2, 0) is 4.79 Å². The first-order valence-corrected chi connectivity index (χ1v) is 9.30. The van der Waals surface area contributed by atoms with Crippen LogP contribution in [0, 0.1) is 5.82 Å². The summed E-state index contributed by atoms with van der Waals surface area (Å²) in [6.07, 6.45) is 0. The normalized spacial score (nSPS) is 12.0. The molecule has 0 aliphatic carbocycles. The standard InChI is InChI=1S/C21H20FNO2S/c1-14(16-8-10-20(25-2)19(22)12-16)23-21(24)13-26-18-9-7-15-5-3-4-6-17(15)11-18/h3-12,14H,13H2,1-2H3,(H,23,24)/t14-/m1/s1. The third-order valence-electron chi connectivity index (χ3n) is 4.14. The number of hydrogen-bond acceptors (Lipinski definition) is 3. The minimum atomic E-state index is -0.434. The van der Waals surface area contributed by atoms with Gasteiger partial charge in [-0.25, -0.2) is 4.39 Å². The third-order valence-corrected chi connectivity index (χ3v) is 5.14. The molecule has 0 aromatic heterocycles. The van der Waals surface area contributed by atoms with E-state index in [-0.39, 0.29) is 17.7 Å². The molecule has 0 aliphatic rings. The topological polar surface area (TPSA) is 38.3 Å². The fourth-order valence-corrected chi connectivity index (χ4v) is 3.48. The molecule has 134 valence electrons. The maximum atomic E-state index is 13.8. The highest BCUT2D eigenvalue weighted by atomic mass is 32.2. The lowest BCUT2D eigenvalue weighted by molar-refractivity contribution is -0.119. The summed E-state index contributed by atoms with van der Waals surface area (Å²) < 4.78 is 18.7. The highest BCUT2D eigenvalue weighted by Crippen LogP contribution is 2.24. The Morgan fingerprint density at radius 1 is 1.12 bits per heavy atom. The highest BCUT2D eigenvalue weighted by molar-refractivity contribution is 8.00. The van der Waals surface area contributed by atoms with Crippen molar-refractivity contribution in [2.75, 3.05) is 12.9 Å². The lowest BCUT2D eigenvalue weighted by Gasteiger charge is -2.15. The van der Waals surface area contributed by atoms with Gasteiger partial charge in [-0.15, -0.1) is 11.8 Å². The Balaban J connectivity index is 1.58. The zero-order valence-electron chi connectivity index (χ0n) is 14.7. The molecule has 0 unspecified atom stereocenters. The number of thioether (sulfide) groups is 1. The number of carbonyl (C=O) groups excluding carboxylic acids is 1. The van der Waals surface area contributed by atoms with Gasteiger partial charge in [-0.05, 0) is 47.5 Å². The van der Waals surface area contributed by atoms with Gasteiger partial charge in [0.05, 0.1) is 18.9 Å². The second-order valence-corrected chi connectivity index (χ2v) is 7.03. The fourth-order valence-electron chi connectivity index (χ4n) is 2.72. The van der Waals surface area contributed by atoms with E-state index in [1.54, 1.807) is 12.1 Å². The van der Waals surface area contributed by atoms with E-state index < -0.39 is 5.82 Å². The number of hydrogen-bond donors (Lipinski definition) is 1. The second kappa shape index (κ2) is 8.23. The van der Waals surface area contributed by atoms with Crippen molar-refractivity contribution in [2.24, 2.45) is 0 Å². The average molecular weight is 369 g/mol. The molecule has 1 amide bonds. The van der Waals surface area contributed by atoms with Gasteiger partial charge in [0.2, 0.25) is 5.91 Å². The molecule has 1 atom stereocenters. The van der Waals surface area contributed by atoms with Gasteiger partial charge in [0.25, 0.3) is 0 Å². The Kier molecular flexibility index (Phi) is 5.78. The summed E-state index contributed by atoms with van der Waals surface area (Å²) in [6.45, 7) is 1.83. The van der Waals surface area contributed by atoms with E-state index in [2.05, 4.69) is 29.6 Å². The molecule has 3 rings (SSSR count). The summed E-state index contributed by atoms with van der Waals surface area (Å²) in [7, 11) is 1.42. The van der Waals surface area contributed by atoms with Crippen molar-refractivity contribution in [2.45, 2.75) is 17.9 Å². The smallest absolute Gasteiger partial charge is 0.230 e. The molecule has 3 nitrogen and oxygen atoms in total. The zero-order valence-corrected chi connectivity index (χ0v) is 15.5. The van der Waals surface area contributed by atoms with Crippen LogP contribution in [0.5, 0.6) is 5.75 Å². The number of halogens is 1. The summed E-state index contributed by atoms with van der Waals surface area (Å²) in [4.78, 5) is 13.3. The highest BCUT2D eigenvalue weighted by Gasteiger charge is 2.12. The number of carbonyl (C=O) groups is 1. The van der Waals surface area contributed by atoms with E-state index in [1.807, 2.05) is 25.1 Å². The third kappa shape index (κ3) is 4.35. The predicted octanol–water partition coefficient (Wildman–Crippen LogP) is 4.96. The summed E-state index contributed by atoms with van der Waals surface area (Å²) >= 11 is 1.48. The van der Waals surface area contributed by atoms with Crippen molar-refractivity contribution in [1.82, 2.24) is 5.32 Å². The molecule has 0 bridgehead atoms. The molecule has 5 heteroatoms. The first kappa shape index (κ1) is 18.3. The largest absolute Gasteiger partial charge is 0.494 e. The van der Waals surface area contributed by atoms with Crippen molar-refractivity contribution in [3.63, 3.8) is 0 Å². The predicted molar refractivity (Wildman–Crippen MR) is 104 cm³/mol. The fraction of sp³-hybridized carbons (Fsp3) is 0.190. The van der Waals surface area contributed by atoms with Gasteiger partial charge >= 0.3 is 0 Å². The SMILES string of the molecule is COc1ccc([C@@H](C)NC(=O)CSc2ccc3ccccc3c2)cc1F. The number of nitrogens with one attached hydrogen (secondary N) is 1. The first-order valence-electron chi connectivity index (χ1n) is 8.31. The van der Waals surface area contributed by atoms with E-state index in [0.717, 1.165) is 10.3 Å². The minimum absolute atomic E-state index is 0.0908. The minimum Gasteiger partial charge on any atom is -0.494 e. The lowest BCUT2D eigenvalue weighted by atomic mass is 10.1. The molecule has 26 heavy (non-hydrogen) atoms. The van der Waals surface area contributed by atoms with Gasteiger partial charge in [0, 0.05) is 4.90 Å². The monoisotopic (exact) mass is 369 g/mol. The van der Waals surface area contributed by atoms with Gasteiger partial charge in [-0.3, -0.25) is 4.79 Å². The van der Waals surface area contributed by atoms with Crippen molar-refractivity contribution >= 4 is 28.4 Å². The Morgan fingerprint density at radius 3 is 2.62 bits per heavy atom. The van der Waals surface area contributed by atoms with Crippen LogP contribution in [0.4, 0.5) is 4.39 Å². The van der Waals surface area contributed by atoms with Crippen molar-refractivity contribution in [3.8, 4) is 5.75 Å². The molecule has 0 radical (unpaired) electrons. The number of fused-ring (bicyclic) bond motifs is 1. The summed E-state index contributed by atoms with van der Waals surface area (Å²) in [5, 5.41) is 5.23. The summed E-state index contributed by atoms with van der Waals surface area (Å²) in [6, 6.07) is 18.7. The summed E-state index contributed by atoms with van der Waals surface area (Å²) in [5.41, 5.74) is 0.701. The number of methoxy groups -OCH3 is 1. The summed E-state index contributed by atoms with van der Waals surface area (Å²) in [5.74, 6) is -0.0240. The molecular weight excluding hydrogens is 349 g/mol. The van der Waals surface area contributed by atoms with Gasteiger partial charge < -0.3 is 10.1 Å². The Bertz CT molecular complexity index is 929. The van der Waals surface area contributed by atoms with Crippen LogP contribution >= 0.6 is 11.8 Å². The van der Waals surface area contributed by atoms with Crippen molar-refractivity contribution < 1.29 is 13.9 Å². The van der Waals surface area contributed by atoms with Crippen molar-refractivity contribution in [3.05, 3.63) is 72.0 Å². The molecule has 0 saturated heterocycles. The van der Waals surface area contributed by atoms with Gasteiger partial charge in [-0.2, -0.15) is 0 Å². The van der Waals surface area contributed by atoms with Gasteiger partial charge in [0.15, 0.2) is 11.6 Å². The molecule has 0 spiro atoms. The van der Waals surface area contributed by atoms with E-state index in [9.17, 15) is 9.18 Å². The Labute approximate surface area is 156 Å². The quantitative estimate of drug-likeness (QED) is 0.624. The number of amides is 1. The van der Waals surface area contributed by atoms with E-state index in [0.29, 0.717) is 11.3 Å². The van der Waals surface area contributed by atoms with Crippen LogP contribution in [0.2, 0.25) is 0 Å². The average Bonchev–Trinajstić information content (AvgIpc) is 2.66. The molecule has 0 heterocycles. The van der Waals surface area contributed by atoms with Crippen LogP contribution in [0.1, 0.15) is 18.5 Å². The maximum absolute atomic E-state index is 13.8. The van der Waals surface area contributed by atoms with Crippen LogP contribution in [0.25, 0.3) is 10.8 Å². The van der Waals surface area contributed by atoms with Gasteiger partial charge in [-0.1, -0.05) is 36.4 Å². The zero-order chi connectivity index (χ0) is 18.5. The Morgan fingerprint density at radius 2 is 1.88 bits per heavy atom. The van der Waals surface area contributed by atoms with E-state index in [4.69, 9.17) is 4.74 Å². The van der Waals surface area contributed by atoms with Crippen LogP contribution < -0.4 is 10.1 Å². The van der Waals surface area contributed by atoms with Crippen LogP contribution in [-0.4, -0.2) is 18.8 Å². The number of benzene rings is 3. The van der Waals surface area contributed by atoms with Gasteiger partial charge in [0.1, 0.15) is 0 Å². The molecule has 1 N–H and O–H groups in total. The molecule has 0 fully saturated rings. The van der Waals surface area contributed by atoms with E-state index >= 15 is 0 Å². The maximum Gasteiger partial charge on any atom is 0.230 e. The van der Waals surface area contributed by atoms with E-state index in [1.165, 1.54) is 30.3 Å². The lowest BCUT2D eigenvalue weighted by Crippen LogP contribution is -2.28. The van der Waals surface area contributed by atoms with Crippen LogP contribution in [0.15, 0.2) is 65.6 Å². The van der Waals surface area contributed by atoms with Crippen LogP contribution in [0.3, 0.4) is 0 Å². The number of rotatable bonds is 6. The number of ether oxygens (including phenoxy) is 1. The molecule has 0 aliphatic heterocycles. The molecular formula is C21H20FNO2S. The molecule has 3 aromatic rings.